The quantitative estimate of drug-likeness (QED) is 0.942. The molecule has 0 saturated carbocycles. The zero-order chi connectivity index (χ0) is 16.4. The van der Waals surface area contributed by atoms with Crippen LogP contribution in [0.1, 0.15) is 34.0 Å². The Labute approximate surface area is 134 Å². The van der Waals surface area contributed by atoms with Gasteiger partial charge < -0.3 is 10.1 Å². The largest absolute Gasteiger partial charge is 0.373 e. The molecule has 1 N–H and O–H groups in total. The summed E-state index contributed by atoms with van der Waals surface area (Å²) in [6.45, 7) is 2.96. The van der Waals surface area contributed by atoms with E-state index < -0.39 is 5.82 Å². The van der Waals surface area contributed by atoms with Gasteiger partial charge in [0.1, 0.15) is 5.82 Å². The molecule has 1 aliphatic heterocycles. The van der Waals surface area contributed by atoms with E-state index in [9.17, 15) is 9.18 Å². The number of halogens is 1. The number of carbonyl (C=O) groups is 1. The molecule has 1 aromatic heterocycles. The fourth-order valence-corrected chi connectivity index (χ4v) is 2.96. The predicted molar refractivity (Wildman–Crippen MR) is 83.5 cm³/mol. The van der Waals surface area contributed by atoms with Gasteiger partial charge in [-0.25, -0.2) is 4.39 Å². The Kier molecular flexibility index (Phi) is 4.43. The molecule has 122 valence electrons. The van der Waals surface area contributed by atoms with E-state index in [-0.39, 0.29) is 17.9 Å². The average Bonchev–Trinajstić information content (AvgIpc) is 3.15. The van der Waals surface area contributed by atoms with Crippen LogP contribution in [0.5, 0.6) is 0 Å². The van der Waals surface area contributed by atoms with Gasteiger partial charge in [0, 0.05) is 43.4 Å². The van der Waals surface area contributed by atoms with Crippen LogP contribution in [-0.4, -0.2) is 28.8 Å². The van der Waals surface area contributed by atoms with Crippen LogP contribution < -0.4 is 5.32 Å². The van der Waals surface area contributed by atoms with Gasteiger partial charge in [0.05, 0.1) is 12.3 Å². The van der Waals surface area contributed by atoms with Gasteiger partial charge in [0.2, 0.25) is 0 Å². The smallest absolute Gasteiger partial charge is 0.251 e. The van der Waals surface area contributed by atoms with Crippen LogP contribution in [0.25, 0.3) is 0 Å². The number of aryl methyl sites for hydroxylation is 2. The molecule has 3 rings (SSSR count). The maximum Gasteiger partial charge on any atom is 0.251 e. The van der Waals surface area contributed by atoms with Crippen molar-refractivity contribution >= 4 is 5.91 Å². The Morgan fingerprint density at radius 2 is 2.35 bits per heavy atom. The third-order valence-corrected chi connectivity index (χ3v) is 4.24. The number of carbonyl (C=O) groups excluding carboxylic acids is 1. The van der Waals surface area contributed by atoms with Gasteiger partial charge in [0.25, 0.3) is 5.91 Å². The standard InChI is InChI=1S/C17H20FN3O2/c1-11-3-4-14(18)7-15(11)17(22)19-8-12-5-6-23-16(12)13-9-20-21(2)10-13/h3-4,7,9-10,12,16H,5-6,8H2,1-2H3,(H,19,22)/t12-,16+/m0/s1. The SMILES string of the molecule is Cc1ccc(F)cc1C(=O)NC[C@@H]1CCO[C@H]1c1cnn(C)c1. The van der Waals surface area contributed by atoms with Crippen LogP contribution in [0, 0.1) is 18.7 Å². The number of nitrogens with zero attached hydrogens (tertiary/aromatic N) is 2. The first-order valence-electron chi connectivity index (χ1n) is 7.69. The van der Waals surface area contributed by atoms with Gasteiger partial charge in [-0.3, -0.25) is 9.48 Å². The highest BCUT2D eigenvalue weighted by molar-refractivity contribution is 5.95. The molecule has 0 aliphatic carbocycles. The number of benzene rings is 1. The molecule has 1 amide bonds. The van der Waals surface area contributed by atoms with E-state index in [1.807, 2.05) is 13.2 Å². The van der Waals surface area contributed by atoms with Crippen molar-refractivity contribution in [2.24, 2.45) is 13.0 Å². The first-order chi connectivity index (χ1) is 11.0. The maximum absolute atomic E-state index is 13.3. The normalized spacial score (nSPS) is 20.7. The van der Waals surface area contributed by atoms with Crippen molar-refractivity contribution in [1.29, 1.82) is 0 Å². The molecule has 0 bridgehead atoms. The summed E-state index contributed by atoms with van der Waals surface area (Å²) < 4.78 is 20.8. The predicted octanol–water partition coefficient (Wildman–Crippen LogP) is 2.38. The molecule has 2 heterocycles. The zero-order valence-corrected chi connectivity index (χ0v) is 13.3. The van der Waals surface area contributed by atoms with Gasteiger partial charge in [-0.1, -0.05) is 6.07 Å². The lowest BCUT2D eigenvalue weighted by Crippen LogP contribution is -2.31. The Balaban J connectivity index is 1.65. The van der Waals surface area contributed by atoms with Crippen LogP contribution in [0.15, 0.2) is 30.6 Å². The lowest BCUT2D eigenvalue weighted by atomic mass is 9.97. The second-order valence-corrected chi connectivity index (χ2v) is 5.96. The van der Waals surface area contributed by atoms with E-state index in [4.69, 9.17) is 4.74 Å². The number of hydrogen-bond donors (Lipinski definition) is 1. The van der Waals surface area contributed by atoms with Gasteiger partial charge in [0.15, 0.2) is 0 Å². The van der Waals surface area contributed by atoms with Gasteiger partial charge >= 0.3 is 0 Å². The summed E-state index contributed by atoms with van der Waals surface area (Å²) in [6, 6.07) is 4.24. The summed E-state index contributed by atoms with van der Waals surface area (Å²) in [5, 5.41) is 7.07. The fraction of sp³-hybridized carbons (Fsp3) is 0.412. The number of ether oxygens (including phenoxy) is 1. The molecule has 0 spiro atoms. The Bertz CT molecular complexity index is 714. The highest BCUT2D eigenvalue weighted by Gasteiger charge is 2.31. The van der Waals surface area contributed by atoms with Crippen molar-refractivity contribution < 1.29 is 13.9 Å². The molecule has 1 aromatic carbocycles. The van der Waals surface area contributed by atoms with E-state index in [1.165, 1.54) is 12.1 Å². The first kappa shape index (κ1) is 15.7. The van der Waals surface area contributed by atoms with Crippen molar-refractivity contribution in [1.82, 2.24) is 15.1 Å². The van der Waals surface area contributed by atoms with Crippen molar-refractivity contribution in [2.75, 3.05) is 13.2 Å². The highest BCUT2D eigenvalue weighted by atomic mass is 19.1. The summed E-state index contributed by atoms with van der Waals surface area (Å²) in [5.74, 6) is -0.464. The van der Waals surface area contributed by atoms with Crippen molar-refractivity contribution in [3.63, 3.8) is 0 Å². The zero-order valence-electron chi connectivity index (χ0n) is 13.3. The van der Waals surface area contributed by atoms with Crippen molar-refractivity contribution in [3.05, 3.63) is 53.1 Å². The molecule has 2 aromatic rings. The average molecular weight is 317 g/mol. The summed E-state index contributed by atoms with van der Waals surface area (Å²) >= 11 is 0. The highest BCUT2D eigenvalue weighted by Crippen LogP contribution is 2.33. The second-order valence-electron chi connectivity index (χ2n) is 5.96. The third-order valence-electron chi connectivity index (χ3n) is 4.24. The van der Waals surface area contributed by atoms with E-state index in [0.29, 0.717) is 18.7 Å². The van der Waals surface area contributed by atoms with Gasteiger partial charge in [-0.2, -0.15) is 5.10 Å². The number of rotatable bonds is 4. The van der Waals surface area contributed by atoms with Crippen LogP contribution >= 0.6 is 0 Å². The minimum Gasteiger partial charge on any atom is -0.373 e. The monoisotopic (exact) mass is 317 g/mol. The molecule has 0 unspecified atom stereocenters. The van der Waals surface area contributed by atoms with Crippen LogP contribution in [-0.2, 0) is 11.8 Å². The molecule has 1 saturated heterocycles. The third kappa shape index (κ3) is 3.42. The summed E-state index contributed by atoms with van der Waals surface area (Å²) in [4.78, 5) is 12.3. The molecular formula is C17H20FN3O2. The molecule has 5 nitrogen and oxygen atoms in total. The Morgan fingerprint density at radius 3 is 3.09 bits per heavy atom. The Hall–Kier alpha value is -2.21. The summed E-state index contributed by atoms with van der Waals surface area (Å²) in [6.07, 6.45) is 4.54. The van der Waals surface area contributed by atoms with E-state index in [0.717, 1.165) is 17.5 Å². The summed E-state index contributed by atoms with van der Waals surface area (Å²) in [7, 11) is 1.86. The molecule has 0 radical (unpaired) electrons. The second kappa shape index (κ2) is 6.50. The molecular weight excluding hydrogens is 297 g/mol. The number of hydrogen-bond acceptors (Lipinski definition) is 3. The first-order valence-corrected chi connectivity index (χ1v) is 7.69. The van der Waals surface area contributed by atoms with E-state index >= 15 is 0 Å². The van der Waals surface area contributed by atoms with Gasteiger partial charge in [-0.05, 0) is 31.0 Å². The molecule has 2 atom stereocenters. The number of aromatic nitrogens is 2. The molecule has 1 aliphatic rings. The van der Waals surface area contributed by atoms with Crippen LogP contribution in [0.2, 0.25) is 0 Å². The van der Waals surface area contributed by atoms with Crippen molar-refractivity contribution in [3.8, 4) is 0 Å². The number of nitrogens with one attached hydrogen (secondary N) is 1. The van der Waals surface area contributed by atoms with Crippen LogP contribution in [0.3, 0.4) is 0 Å². The van der Waals surface area contributed by atoms with Crippen LogP contribution in [0.4, 0.5) is 4.39 Å². The topological polar surface area (TPSA) is 56.1 Å². The Morgan fingerprint density at radius 1 is 1.52 bits per heavy atom. The van der Waals surface area contributed by atoms with Gasteiger partial charge in [-0.15, -0.1) is 0 Å². The summed E-state index contributed by atoms with van der Waals surface area (Å²) in [5.41, 5.74) is 2.16. The lowest BCUT2D eigenvalue weighted by molar-refractivity contribution is 0.0845. The molecule has 6 heteroatoms. The van der Waals surface area contributed by atoms with E-state index in [1.54, 1.807) is 23.9 Å². The lowest BCUT2D eigenvalue weighted by Gasteiger charge is -2.18. The molecule has 1 fully saturated rings. The van der Waals surface area contributed by atoms with Crippen molar-refractivity contribution in [2.45, 2.75) is 19.4 Å². The maximum atomic E-state index is 13.3. The minimum atomic E-state index is -0.404. The minimum absolute atomic E-state index is 0.0578. The number of amides is 1. The molecule has 23 heavy (non-hydrogen) atoms. The fourth-order valence-electron chi connectivity index (χ4n) is 2.96. The van der Waals surface area contributed by atoms with E-state index in [2.05, 4.69) is 10.4 Å².